The highest BCUT2D eigenvalue weighted by molar-refractivity contribution is 7.90. The molecule has 1 aliphatic carbocycles. The number of hydrogen-bond acceptors (Lipinski definition) is 6. The SMILES string of the molecule is CS(=O)(=O)c1cnc(-c2ccncc2)nc1C1CCCN(C(=O)C2CCCC2)C1. The van der Waals surface area contributed by atoms with E-state index in [1.807, 2.05) is 4.90 Å². The lowest BCUT2D eigenvalue weighted by molar-refractivity contribution is -0.136. The molecule has 8 heteroatoms. The van der Waals surface area contributed by atoms with Gasteiger partial charge in [0.2, 0.25) is 5.91 Å². The molecule has 1 amide bonds. The monoisotopic (exact) mass is 414 g/mol. The smallest absolute Gasteiger partial charge is 0.225 e. The van der Waals surface area contributed by atoms with Gasteiger partial charge in [-0.15, -0.1) is 0 Å². The van der Waals surface area contributed by atoms with Gasteiger partial charge in [0, 0.05) is 55.3 Å². The molecule has 4 rings (SSSR count). The summed E-state index contributed by atoms with van der Waals surface area (Å²) in [5.41, 5.74) is 1.31. The number of aromatic nitrogens is 3. The number of carbonyl (C=O) groups is 1. The Hall–Kier alpha value is -2.35. The lowest BCUT2D eigenvalue weighted by Crippen LogP contribution is -2.42. The summed E-state index contributed by atoms with van der Waals surface area (Å²) in [6.07, 6.45) is 11.7. The minimum atomic E-state index is -3.48. The van der Waals surface area contributed by atoms with Crippen LogP contribution in [0.1, 0.15) is 50.1 Å². The first-order valence-corrected chi connectivity index (χ1v) is 12.1. The second-order valence-corrected chi connectivity index (χ2v) is 10.0. The first-order valence-electron chi connectivity index (χ1n) is 10.2. The van der Waals surface area contributed by atoms with Crippen molar-refractivity contribution in [3.8, 4) is 11.4 Å². The predicted octanol–water partition coefficient (Wildman–Crippen LogP) is 2.84. The molecular weight excluding hydrogens is 388 g/mol. The summed E-state index contributed by atoms with van der Waals surface area (Å²) in [5, 5.41) is 0. The van der Waals surface area contributed by atoms with Crippen molar-refractivity contribution in [2.24, 2.45) is 5.92 Å². The molecule has 29 heavy (non-hydrogen) atoms. The highest BCUT2D eigenvalue weighted by Crippen LogP contribution is 2.33. The van der Waals surface area contributed by atoms with Crippen LogP contribution in [0.2, 0.25) is 0 Å². The normalized spacial score (nSPS) is 20.7. The first kappa shape index (κ1) is 19.9. The average molecular weight is 415 g/mol. The molecule has 2 aromatic heterocycles. The highest BCUT2D eigenvalue weighted by atomic mass is 32.2. The summed E-state index contributed by atoms with van der Waals surface area (Å²) in [6.45, 7) is 1.26. The number of pyridine rings is 1. The number of likely N-dealkylation sites (tertiary alicyclic amines) is 1. The molecule has 1 saturated heterocycles. The van der Waals surface area contributed by atoms with Gasteiger partial charge in [-0.05, 0) is 37.8 Å². The van der Waals surface area contributed by atoms with Crippen LogP contribution in [0, 0.1) is 5.92 Å². The number of sulfone groups is 1. The van der Waals surface area contributed by atoms with E-state index < -0.39 is 9.84 Å². The third-order valence-corrected chi connectivity index (χ3v) is 7.06. The van der Waals surface area contributed by atoms with E-state index in [2.05, 4.69) is 15.0 Å². The second kappa shape index (κ2) is 8.18. The topological polar surface area (TPSA) is 93.1 Å². The van der Waals surface area contributed by atoms with E-state index in [1.165, 1.54) is 12.5 Å². The minimum Gasteiger partial charge on any atom is -0.342 e. The molecule has 3 heterocycles. The Morgan fingerprint density at radius 2 is 1.83 bits per heavy atom. The molecule has 7 nitrogen and oxygen atoms in total. The minimum absolute atomic E-state index is 0.109. The maximum atomic E-state index is 12.9. The summed E-state index contributed by atoms with van der Waals surface area (Å²) in [4.78, 5) is 28.0. The van der Waals surface area contributed by atoms with Crippen molar-refractivity contribution in [2.75, 3.05) is 19.3 Å². The third-order valence-electron chi connectivity index (χ3n) is 5.95. The summed E-state index contributed by atoms with van der Waals surface area (Å²) in [5.74, 6) is 0.717. The van der Waals surface area contributed by atoms with Crippen LogP contribution in [0.25, 0.3) is 11.4 Å². The van der Waals surface area contributed by atoms with Gasteiger partial charge in [0.05, 0.1) is 5.69 Å². The van der Waals surface area contributed by atoms with Gasteiger partial charge < -0.3 is 4.90 Å². The molecular formula is C21H26N4O3S. The summed E-state index contributed by atoms with van der Waals surface area (Å²) >= 11 is 0. The van der Waals surface area contributed by atoms with E-state index in [0.29, 0.717) is 18.1 Å². The van der Waals surface area contributed by atoms with Crippen molar-refractivity contribution in [1.29, 1.82) is 0 Å². The molecule has 0 bridgehead atoms. The number of hydrogen-bond donors (Lipinski definition) is 0. The fourth-order valence-electron chi connectivity index (χ4n) is 4.43. The van der Waals surface area contributed by atoms with Crippen molar-refractivity contribution < 1.29 is 13.2 Å². The molecule has 0 spiro atoms. The Morgan fingerprint density at radius 3 is 2.52 bits per heavy atom. The van der Waals surface area contributed by atoms with Crippen molar-refractivity contribution in [3.63, 3.8) is 0 Å². The van der Waals surface area contributed by atoms with Crippen molar-refractivity contribution in [2.45, 2.75) is 49.3 Å². The Bertz CT molecular complexity index is 988. The van der Waals surface area contributed by atoms with Gasteiger partial charge >= 0.3 is 0 Å². The van der Waals surface area contributed by atoms with E-state index in [4.69, 9.17) is 0 Å². The zero-order valence-corrected chi connectivity index (χ0v) is 17.4. The van der Waals surface area contributed by atoms with Crippen LogP contribution in [0.15, 0.2) is 35.6 Å². The van der Waals surface area contributed by atoms with Gasteiger partial charge in [0.25, 0.3) is 0 Å². The number of piperidine rings is 1. The van der Waals surface area contributed by atoms with Gasteiger partial charge in [-0.2, -0.15) is 0 Å². The summed E-state index contributed by atoms with van der Waals surface area (Å²) < 4.78 is 24.8. The van der Waals surface area contributed by atoms with Crippen LogP contribution in [-0.2, 0) is 14.6 Å². The third kappa shape index (κ3) is 4.32. The first-order chi connectivity index (χ1) is 13.9. The van der Waals surface area contributed by atoms with Gasteiger partial charge in [-0.1, -0.05) is 12.8 Å². The molecule has 1 unspecified atom stereocenters. The van der Waals surface area contributed by atoms with Crippen LogP contribution in [0.5, 0.6) is 0 Å². The average Bonchev–Trinajstić information content (AvgIpc) is 3.28. The molecule has 0 radical (unpaired) electrons. The van der Waals surface area contributed by atoms with Gasteiger partial charge in [-0.3, -0.25) is 9.78 Å². The zero-order valence-electron chi connectivity index (χ0n) is 16.6. The Balaban J connectivity index is 1.67. The Morgan fingerprint density at radius 1 is 1.10 bits per heavy atom. The molecule has 0 N–H and O–H groups in total. The van der Waals surface area contributed by atoms with Crippen molar-refractivity contribution >= 4 is 15.7 Å². The highest BCUT2D eigenvalue weighted by Gasteiger charge is 2.33. The summed E-state index contributed by atoms with van der Waals surface area (Å²) in [6, 6.07) is 3.60. The van der Waals surface area contributed by atoms with Crippen molar-refractivity contribution in [3.05, 3.63) is 36.4 Å². The Labute approximate surface area is 171 Å². The van der Waals surface area contributed by atoms with Crippen LogP contribution >= 0.6 is 0 Å². The van der Waals surface area contributed by atoms with Crippen LogP contribution in [0.4, 0.5) is 0 Å². The van der Waals surface area contributed by atoms with E-state index in [-0.39, 0.29) is 22.6 Å². The fraction of sp³-hybridized carbons (Fsp3) is 0.524. The lowest BCUT2D eigenvalue weighted by Gasteiger charge is -2.34. The standard InChI is InChI=1S/C21H26N4O3S/c1-29(27,28)18-13-23-20(15-8-10-22-11-9-15)24-19(18)17-7-4-12-25(14-17)21(26)16-5-2-3-6-16/h8-11,13,16-17H,2-7,12,14H2,1H3. The quantitative estimate of drug-likeness (QED) is 0.764. The number of rotatable bonds is 4. The molecule has 0 aromatic carbocycles. The largest absolute Gasteiger partial charge is 0.342 e. The molecule has 1 atom stereocenters. The predicted molar refractivity (Wildman–Crippen MR) is 109 cm³/mol. The molecule has 2 aromatic rings. The van der Waals surface area contributed by atoms with Gasteiger partial charge in [0.1, 0.15) is 4.90 Å². The maximum Gasteiger partial charge on any atom is 0.225 e. The Kier molecular flexibility index (Phi) is 5.63. The molecule has 154 valence electrons. The number of amides is 1. The van der Waals surface area contributed by atoms with Gasteiger partial charge in [-0.25, -0.2) is 18.4 Å². The van der Waals surface area contributed by atoms with Crippen LogP contribution < -0.4 is 0 Å². The molecule has 1 saturated carbocycles. The van der Waals surface area contributed by atoms with E-state index >= 15 is 0 Å². The molecule has 2 aliphatic rings. The van der Waals surface area contributed by atoms with E-state index in [9.17, 15) is 13.2 Å². The number of carbonyl (C=O) groups excluding carboxylic acids is 1. The zero-order chi connectivity index (χ0) is 20.4. The number of nitrogens with zero attached hydrogens (tertiary/aromatic N) is 4. The van der Waals surface area contributed by atoms with Gasteiger partial charge in [0.15, 0.2) is 15.7 Å². The maximum absolute atomic E-state index is 12.9. The fourth-order valence-corrected chi connectivity index (χ4v) is 5.27. The second-order valence-electron chi connectivity index (χ2n) is 8.06. The lowest BCUT2D eigenvalue weighted by atomic mass is 9.93. The van der Waals surface area contributed by atoms with E-state index in [0.717, 1.165) is 50.6 Å². The molecule has 1 aliphatic heterocycles. The van der Waals surface area contributed by atoms with Crippen molar-refractivity contribution in [1.82, 2.24) is 19.9 Å². The summed E-state index contributed by atoms with van der Waals surface area (Å²) in [7, 11) is -3.48. The molecule has 2 fully saturated rings. The van der Waals surface area contributed by atoms with Crippen LogP contribution in [0.3, 0.4) is 0 Å². The van der Waals surface area contributed by atoms with Crippen LogP contribution in [-0.4, -0.2) is 53.5 Å². The van der Waals surface area contributed by atoms with E-state index in [1.54, 1.807) is 24.5 Å².